The number of hydrogen-bond acceptors (Lipinski definition) is 7. The molecule has 7 nitrogen and oxygen atoms in total. The molecule has 0 fully saturated rings. The zero-order chi connectivity index (χ0) is 33.8. The molecule has 0 unspecified atom stereocenters. The fourth-order valence-corrected chi connectivity index (χ4v) is 7.12. The van der Waals surface area contributed by atoms with Gasteiger partial charge in [-0.2, -0.15) is 5.26 Å². The average molecular weight is 719 g/mol. The molecule has 2 heterocycles. The van der Waals surface area contributed by atoms with Gasteiger partial charge in [-0.1, -0.05) is 104 Å². The minimum Gasteiger partial charge on any atom is -0.488 e. The van der Waals surface area contributed by atoms with Gasteiger partial charge in [0, 0.05) is 11.1 Å². The molecule has 0 radical (unpaired) electrons. The van der Waals surface area contributed by atoms with Crippen LogP contribution in [0, 0.1) is 11.3 Å². The quantitative estimate of drug-likeness (QED) is 0.150. The summed E-state index contributed by atoms with van der Waals surface area (Å²) in [4.78, 5) is 33.4. The lowest BCUT2D eigenvalue weighted by Gasteiger charge is -2.26. The Hall–Kier alpha value is -5.04. The number of fused-ring (bicyclic) bond motifs is 1. The lowest BCUT2D eigenvalue weighted by molar-refractivity contribution is -0.138. The molecule has 5 aromatic rings. The van der Waals surface area contributed by atoms with E-state index in [0.29, 0.717) is 42.3 Å². The van der Waals surface area contributed by atoms with E-state index in [4.69, 9.17) is 14.5 Å². The number of hydrogen-bond donors (Lipinski definition) is 0. The molecule has 0 N–H and O–H groups in total. The molecular weight excluding hydrogens is 686 g/mol. The maximum absolute atomic E-state index is 14.3. The first-order valence-corrected chi connectivity index (χ1v) is 17.2. The Kier molecular flexibility index (Phi) is 9.85. The van der Waals surface area contributed by atoms with Crippen molar-refractivity contribution in [2.45, 2.75) is 39.3 Å². The standard InChI is InChI=1S/C39H32BrN3O4S/c1-4-46-38(45)34-35(27-10-6-5-7-11-27)42-39-43(36(34)28-17-15-26(16-18-28)24(2)3)37(44)33(48-39)21-25-14-19-32(31(40)20-25)47-23-30-13-9-8-12-29(30)22-41/h5-21,24,36H,4,23H2,1-3H3/b33-21-/t36-/m1/s1. The molecule has 240 valence electrons. The van der Waals surface area contributed by atoms with Crippen LogP contribution in [0.1, 0.15) is 66.1 Å². The van der Waals surface area contributed by atoms with Crippen LogP contribution in [0.5, 0.6) is 5.75 Å². The van der Waals surface area contributed by atoms with Crippen molar-refractivity contribution in [3.8, 4) is 11.8 Å². The van der Waals surface area contributed by atoms with Crippen molar-refractivity contribution in [2.24, 2.45) is 4.99 Å². The summed E-state index contributed by atoms with van der Waals surface area (Å²) in [6.45, 7) is 6.45. The Morgan fingerprint density at radius 3 is 2.46 bits per heavy atom. The second-order valence-corrected chi connectivity index (χ2v) is 13.4. The number of rotatable bonds is 9. The second-order valence-electron chi connectivity index (χ2n) is 11.5. The van der Waals surface area contributed by atoms with Crippen LogP contribution >= 0.6 is 27.3 Å². The summed E-state index contributed by atoms with van der Waals surface area (Å²) in [7, 11) is 0. The van der Waals surface area contributed by atoms with E-state index in [1.165, 1.54) is 11.3 Å². The number of ether oxygens (including phenoxy) is 2. The van der Waals surface area contributed by atoms with Gasteiger partial charge in [0.2, 0.25) is 0 Å². The van der Waals surface area contributed by atoms with E-state index in [1.54, 1.807) is 17.6 Å². The first-order valence-electron chi connectivity index (χ1n) is 15.6. The molecule has 48 heavy (non-hydrogen) atoms. The number of esters is 1. The monoisotopic (exact) mass is 717 g/mol. The highest BCUT2D eigenvalue weighted by atomic mass is 79.9. The SMILES string of the molecule is CCOC(=O)C1=C(c2ccccc2)N=c2s/c(=C\c3ccc(OCc4ccccc4C#N)c(Br)c3)c(=O)n2[C@@H]1c1ccc(C(C)C)cc1. The largest absolute Gasteiger partial charge is 0.488 e. The van der Waals surface area contributed by atoms with Gasteiger partial charge in [0.25, 0.3) is 5.56 Å². The van der Waals surface area contributed by atoms with Crippen LogP contribution in [0.15, 0.2) is 117 Å². The molecule has 1 aliphatic heterocycles. The number of aromatic nitrogens is 1. The van der Waals surface area contributed by atoms with Gasteiger partial charge in [-0.25, -0.2) is 9.79 Å². The highest BCUT2D eigenvalue weighted by Crippen LogP contribution is 2.36. The van der Waals surface area contributed by atoms with Crippen molar-refractivity contribution in [3.63, 3.8) is 0 Å². The van der Waals surface area contributed by atoms with Crippen LogP contribution in [0.3, 0.4) is 0 Å². The minimum absolute atomic E-state index is 0.188. The maximum Gasteiger partial charge on any atom is 0.338 e. The van der Waals surface area contributed by atoms with Crippen molar-refractivity contribution < 1.29 is 14.3 Å². The van der Waals surface area contributed by atoms with Gasteiger partial charge in [-0.3, -0.25) is 9.36 Å². The van der Waals surface area contributed by atoms with Crippen LogP contribution in [-0.2, 0) is 16.1 Å². The van der Waals surface area contributed by atoms with E-state index in [2.05, 4.69) is 35.8 Å². The Labute approximate surface area is 290 Å². The number of halogens is 1. The number of carbonyl (C=O) groups excluding carboxylic acids is 1. The summed E-state index contributed by atoms with van der Waals surface area (Å²) in [5, 5.41) is 9.40. The van der Waals surface area contributed by atoms with E-state index >= 15 is 0 Å². The molecule has 4 aromatic carbocycles. The third-order valence-corrected chi connectivity index (χ3v) is 9.67. The van der Waals surface area contributed by atoms with Crippen molar-refractivity contribution in [1.29, 1.82) is 5.26 Å². The molecule has 1 atom stereocenters. The topological polar surface area (TPSA) is 93.7 Å². The zero-order valence-corrected chi connectivity index (χ0v) is 29.0. The summed E-state index contributed by atoms with van der Waals surface area (Å²) in [5.41, 5.74) is 5.41. The summed E-state index contributed by atoms with van der Waals surface area (Å²) < 4.78 is 14.4. The molecule has 0 spiro atoms. The van der Waals surface area contributed by atoms with Gasteiger partial charge in [0.1, 0.15) is 12.4 Å². The number of carbonyl (C=O) groups is 1. The molecular formula is C39H32BrN3O4S. The van der Waals surface area contributed by atoms with Crippen molar-refractivity contribution >= 4 is 45.0 Å². The van der Waals surface area contributed by atoms with Crippen molar-refractivity contribution in [1.82, 2.24) is 4.57 Å². The summed E-state index contributed by atoms with van der Waals surface area (Å²) in [6, 6.07) is 31.9. The first-order chi connectivity index (χ1) is 23.3. The van der Waals surface area contributed by atoms with E-state index in [0.717, 1.165) is 27.8 Å². The predicted molar refractivity (Wildman–Crippen MR) is 191 cm³/mol. The molecule has 0 bridgehead atoms. The average Bonchev–Trinajstić information content (AvgIpc) is 3.41. The normalized spacial score (nSPS) is 14.3. The second kappa shape index (κ2) is 14.4. The highest BCUT2D eigenvalue weighted by molar-refractivity contribution is 9.10. The Morgan fingerprint density at radius 1 is 1.04 bits per heavy atom. The third-order valence-electron chi connectivity index (χ3n) is 8.07. The molecule has 1 aliphatic rings. The van der Waals surface area contributed by atoms with Gasteiger partial charge < -0.3 is 9.47 Å². The molecule has 9 heteroatoms. The number of thiazole rings is 1. The smallest absolute Gasteiger partial charge is 0.338 e. The van der Waals surface area contributed by atoms with Gasteiger partial charge >= 0.3 is 5.97 Å². The van der Waals surface area contributed by atoms with Crippen LogP contribution in [0.2, 0.25) is 0 Å². The van der Waals surface area contributed by atoms with Gasteiger partial charge in [-0.05, 0) is 69.7 Å². The van der Waals surface area contributed by atoms with Crippen molar-refractivity contribution in [3.05, 3.63) is 160 Å². The fourth-order valence-electron chi connectivity index (χ4n) is 5.61. The molecule has 6 rings (SSSR count). The van der Waals surface area contributed by atoms with E-state index < -0.39 is 12.0 Å². The Bertz CT molecular complexity index is 2250. The van der Waals surface area contributed by atoms with Crippen LogP contribution in [0.25, 0.3) is 11.8 Å². The van der Waals surface area contributed by atoms with Crippen LogP contribution in [-0.4, -0.2) is 17.1 Å². The molecule has 0 aliphatic carbocycles. The lowest BCUT2D eigenvalue weighted by Crippen LogP contribution is -2.40. The third kappa shape index (κ3) is 6.68. The van der Waals surface area contributed by atoms with Gasteiger partial charge in [-0.15, -0.1) is 0 Å². The molecule has 0 saturated carbocycles. The number of nitriles is 1. The minimum atomic E-state index is -0.738. The highest BCUT2D eigenvalue weighted by Gasteiger charge is 2.35. The lowest BCUT2D eigenvalue weighted by atomic mass is 9.91. The molecule has 0 amide bonds. The van der Waals surface area contributed by atoms with E-state index in [9.17, 15) is 14.9 Å². The zero-order valence-electron chi connectivity index (χ0n) is 26.6. The molecule has 0 saturated heterocycles. The summed E-state index contributed by atoms with van der Waals surface area (Å²) >= 11 is 4.88. The number of benzene rings is 4. The van der Waals surface area contributed by atoms with Crippen LogP contribution < -0.4 is 19.6 Å². The van der Waals surface area contributed by atoms with Gasteiger partial charge in [0.15, 0.2) is 4.80 Å². The van der Waals surface area contributed by atoms with Gasteiger partial charge in [0.05, 0.1) is 44.6 Å². The van der Waals surface area contributed by atoms with E-state index in [1.807, 2.05) is 97.1 Å². The van der Waals surface area contributed by atoms with Crippen LogP contribution in [0.4, 0.5) is 0 Å². The Balaban J connectivity index is 1.45. The summed E-state index contributed by atoms with van der Waals surface area (Å²) in [6.07, 6.45) is 1.82. The fraction of sp³-hybridized carbons (Fsp3) is 0.179. The molecule has 1 aromatic heterocycles. The predicted octanol–water partition coefficient (Wildman–Crippen LogP) is 7.27. The number of nitrogens with zero attached hydrogens (tertiary/aromatic N) is 3. The maximum atomic E-state index is 14.3. The first kappa shape index (κ1) is 32.9. The van der Waals surface area contributed by atoms with Crippen molar-refractivity contribution in [2.75, 3.05) is 6.61 Å². The summed E-state index contributed by atoms with van der Waals surface area (Å²) in [5.74, 6) is 0.424. The van der Waals surface area contributed by atoms with E-state index in [-0.39, 0.29) is 18.8 Å². The Morgan fingerprint density at radius 2 is 1.77 bits per heavy atom.